The van der Waals surface area contributed by atoms with Crippen molar-refractivity contribution in [2.75, 3.05) is 0 Å². The Morgan fingerprint density at radius 3 is 2.33 bits per heavy atom. The Kier molecular flexibility index (Phi) is 3.86. The maximum absolute atomic E-state index is 9.33. The van der Waals surface area contributed by atoms with Gasteiger partial charge in [-0.3, -0.25) is 0 Å². The minimum absolute atomic E-state index is 0.256. The van der Waals surface area contributed by atoms with Crippen LogP contribution in [0.3, 0.4) is 0 Å². The Morgan fingerprint density at radius 1 is 1.00 bits per heavy atom. The molecule has 0 saturated carbocycles. The Bertz CT molecular complexity index is 746. The molecule has 0 spiro atoms. The van der Waals surface area contributed by atoms with E-state index in [0.717, 1.165) is 17.0 Å². The van der Waals surface area contributed by atoms with Crippen LogP contribution in [0.15, 0.2) is 54.9 Å². The third-order valence-corrected chi connectivity index (χ3v) is 3.56. The first-order chi connectivity index (χ1) is 10.1. The van der Waals surface area contributed by atoms with Crippen molar-refractivity contribution >= 4 is 23.2 Å². The Balaban J connectivity index is 1.95. The number of hydrogen-bond acceptors (Lipinski definition) is 2. The lowest BCUT2D eigenvalue weighted by molar-refractivity contribution is 0.475. The van der Waals surface area contributed by atoms with E-state index in [1.807, 2.05) is 35.0 Å². The smallest absolute Gasteiger partial charge is 0.140 e. The summed E-state index contributed by atoms with van der Waals surface area (Å²) in [7, 11) is 0. The number of aromatic nitrogens is 2. The fraction of sp³-hybridized carbons (Fsp3) is 0.0625. The summed E-state index contributed by atoms with van der Waals surface area (Å²) in [5.74, 6) is 1.05. The normalized spacial score (nSPS) is 10.8. The average molecular weight is 319 g/mol. The van der Waals surface area contributed by atoms with Crippen LogP contribution in [0.1, 0.15) is 5.56 Å². The van der Waals surface area contributed by atoms with Gasteiger partial charge < -0.3 is 9.67 Å². The number of phenols is 1. The van der Waals surface area contributed by atoms with Gasteiger partial charge >= 0.3 is 0 Å². The molecule has 0 radical (unpaired) electrons. The highest BCUT2D eigenvalue weighted by molar-refractivity contribution is 6.35. The van der Waals surface area contributed by atoms with Crippen molar-refractivity contribution in [3.63, 3.8) is 0 Å². The van der Waals surface area contributed by atoms with Gasteiger partial charge in [0.2, 0.25) is 0 Å². The van der Waals surface area contributed by atoms with Gasteiger partial charge in [0.25, 0.3) is 0 Å². The molecule has 21 heavy (non-hydrogen) atoms. The zero-order valence-corrected chi connectivity index (χ0v) is 12.5. The molecule has 0 amide bonds. The van der Waals surface area contributed by atoms with Crippen LogP contribution in [-0.4, -0.2) is 14.7 Å². The van der Waals surface area contributed by atoms with Crippen LogP contribution in [-0.2, 0) is 6.54 Å². The summed E-state index contributed by atoms with van der Waals surface area (Å²) in [5.41, 5.74) is 1.94. The van der Waals surface area contributed by atoms with E-state index in [4.69, 9.17) is 23.2 Å². The van der Waals surface area contributed by atoms with E-state index in [-0.39, 0.29) is 5.75 Å². The van der Waals surface area contributed by atoms with Crippen molar-refractivity contribution in [3.05, 3.63) is 70.5 Å². The van der Waals surface area contributed by atoms with Crippen molar-refractivity contribution in [3.8, 4) is 17.1 Å². The van der Waals surface area contributed by atoms with Crippen molar-refractivity contribution in [1.29, 1.82) is 0 Å². The maximum atomic E-state index is 9.33. The Morgan fingerprint density at radius 2 is 1.67 bits per heavy atom. The summed E-state index contributed by atoms with van der Waals surface area (Å²) in [6.07, 6.45) is 3.64. The van der Waals surface area contributed by atoms with Crippen molar-refractivity contribution in [2.45, 2.75) is 6.54 Å². The number of rotatable bonds is 3. The summed E-state index contributed by atoms with van der Waals surface area (Å²) >= 11 is 12.1. The third kappa shape index (κ3) is 3.20. The molecule has 0 fully saturated rings. The molecule has 3 rings (SSSR count). The average Bonchev–Trinajstić information content (AvgIpc) is 2.88. The number of nitrogens with zero attached hydrogens (tertiary/aromatic N) is 2. The molecule has 0 aliphatic rings. The standard InChI is InChI=1S/C16H12Cl2N2O/c17-13-7-12(8-14(18)9-13)16-19-5-6-20(16)10-11-1-3-15(21)4-2-11/h1-9,21H,10H2. The van der Waals surface area contributed by atoms with E-state index >= 15 is 0 Å². The first-order valence-electron chi connectivity index (χ1n) is 6.37. The molecule has 0 aliphatic carbocycles. The molecule has 0 saturated heterocycles. The number of halogens is 2. The zero-order chi connectivity index (χ0) is 14.8. The fourth-order valence-corrected chi connectivity index (χ4v) is 2.70. The Hall–Kier alpha value is -1.97. The van der Waals surface area contributed by atoms with Gasteiger partial charge in [-0.15, -0.1) is 0 Å². The second-order valence-corrected chi connectivity index (χ2v) is 5.58. The SMILES string of the molecule is Oc1ccc(Cn2ccnc2-c2cc(Cl)cc(Cl)c2)cc1. The van der Waals surface area contributed by atoms with Gasteiger partial charge in [-0.05, 0) is 35.9 Å². The molecule has 0 unspecified atom stereocenters. The first-order valence-corrected chi connectivity index (χ1v) is 7.13. The van der Waals surface area contributed by atoms with Gasteiger partial charge in [0, 0.05) is 34.5 Å². The van der Waals surface area contributed by atoms with Gasteiger partial charge in [0.1, 0.15) is 11.6 Å². The molecule has 0 atom stereocenters. The highest BCUT2D eigenvalue weighted by atomic mass is 35.5. The summed E-state index contributed by atoms with van der Waals surface area (Å²) in [5, 5.41) is 10.5. The molecule has 2 aromatic carbocycles. The Labute approximate surface area is 132 Å². The molecule has 1 aromatic heterocycles. The monoisotopic (exact) mass is 318 g/mol. The number of benzene rings is 2. The molecular weight excluding hydrogens is 307 g/mol. The molecule has 1 N–H and O–H groups in total. The zero-order valence-electron chi connectivity index (χ0n) is 11.0. The van der Waals surface area contributed by atoms with Crippen LogP contribution in [0, 0.1) is 0 Å². The van der Waals surface area contributed by atoms with E-state index in [1.54, 1.807) is 24.4 Å². The quantitative estimate of drug-likeness (QED) is 0.765. The van der Waals surface area contributed by atoms with Crippen LogP contribution in [0.2, 0.25) is 10.0 Å². The van der Waals surface area contributed by atoms with E-state index in [0.29, 0.717) is 16.6 Å². The van der Waals surface area contributed by atoms with E-state index < -0.39 is 0 Å². The van der Waals surface area contributed by atoms with Gasteiger partial charge in [0.15, 0.2) is 0 Å². The molecule has 1 heterocycles. The van der Waals surface area contributed by atoms with Gasteiger partial charge in [0.05, 0.1) is 0 Å². The molecule has 0 bridgehead atoms. The lowest BCUT2D eigenvalue weighted by Crippen LogP contribution is -2.01. The fourth-order valence-electron chi connectivity index (χ4n) is 2.18. The van der Waals surface area contributed by atoms with Crippen molar-refractivity contribution in [2.24, 2.45) is 0 Å². The summed E-state index contributed by atoms with van der Waals surface area (Å²) in [6.45, 7) is 0.653. The topological polar surface area (TPSA) is 38.0 Å². The van der Waals surface area contributed by atoms with E-state index in [9.17, 15) is 5.11 Å². The molecule has 106 valence electrons. The van der Waals surface area contributed by atoms with Crippen LogP contribution in [0.25, 0.3) is 11.4 Å². The first kappa shape index (κ1) is 14.0. The second kappa shape index (κ2) is 5.80. The molecular formula is C16H12Cl2N2O. The van der Waals surface area contributed by atoms with Crippen LogP contribution < -0.4 is 0 Å². The summed E-state index contributed by atoms with van der Waals surface area (Å²) in [4.78, 5) is 4.38. The predicted octanol–water partition coefficient (Wildman–Crippen LogP) is 4.61. The molecule has 3 aromatic rings. The lowest BCUT2D eigenvalue weighted by atomic mass is 10.2. The minimum atomic E-state index is 0.256. The number of aromatic hydroxyl groups is 1. The van der Waals surface area contributed by atoms with Gasteiger partial charge in [-0.2, -0.15) is 0 Å². The number of hydrogen-bond donors (Lipinski definition) is 1. The lowest BCUT2D eigenvalue weighted by Gasteiger charge is -2.09. The van der Waals surface area contributed by atoms with E-state index in [2.05, 4.69) is 4.98 Å². The largest absolute Gasteiger partial charge is 0.508 e. The van der Waals surface area contributed by atoms with Gasteiger partial charge in [-0.25, -0.2) is 4.98 Å². The van der Waals surface area contributed by atoms with Crippen molar-refractivity contribution in [1.82, 2.24) is 9.55 Å². The number of phenolic OH excluding ortho intramolecular Hbond substituents is 1. The van der Waals surface area contributed by atoms with Crippen LogP contribution in [0.4, 0.5) is 0 Å². The predicted molar refractivity (Wildman–Crippen MR) is 84.9 cm³/mol. The summed E-state index contributed by atoms with van der Waals surface area (Å²) in [6, 6.07) is 12.5. The summed E-state index contributed by atoms with van der Waals surface area (Å²) < 4.78 is 2.01. The molecule has 0 aliphatic heterocycles. The minimum Gasteiger partial charge on any atom is -0.508 e. The van der Waals surface area contributed by atoms with Crippen molar-refractivity contribution < 1.29 is 5.11 Å². The van der Waals surface area contributed by atoms with Gasteiger partial charge in [-0.1, -0.05) is 35.3 Å². The highest BCUT2D eigenvalue weighted by Gasteiger charge is 2.08. The second-order valence-electron chi connectivity index (χ2n) is 4.70. The highest BCUT2D eigenvalue weighted by Crippen LogP contribution is 2.26. The van der Waals surface area contributed by atoms with Crippen LogP contribution in [0.5, 0.6) is 5.75 Å². The van der Waals surface area contributed by atoms with E-state index in [1.165, 1.54) is 0 Å². The number of imidazole rings is 1. The molecule has 3 nitrogen and oxygen atoms in total. The van der Waals surface area contributed by atoms with Crippen LogP contribution >= 0.6 is 23.2 Å². The maximum Gasteiger partial charge on any atom is 0.140 e. The third-order valence-electron chi connectivity index (χ3n) is 3.13. The molecule has 5 heteroatoms.